The van der Waals surface area contributed by atoms with Crippen molar-refractivity contribution in [3.8, 4) is 11.5 Å². The van der Waals surface area contributed by atoms with Crippen LogP contribution in [0.1, 0.15) is 21.1 Å². The molecule has 0 spiro atoms. The van der Waals surface area contributed by atoms with Gasteiger partial charge in [0.15, 0.2) is 11.5 Å². The highest BCUT2D eigenvalue weighted by atomic mass is 32.2. The number of carbonyl (C=O) groups excluding carboxylic acids is 1. The molecule has 0 fully saturated rings. The van der Waals surface area contributed by atoms with Crippen LogP contribution >= 0.6 is 11.3 Å². The van der Waals surface area contributed by atoms with Crippen molar-refractivity contribution in [2.45, 2.75) is 18.7 Å². The first-order chi connectivity index (χ1) is 13.7. The van der Waals surface area contributed by atoms with Crippen molar-refractivity contribution >= 4 is 33.0 Å². The first-order valence-corrected chi connectivity index (χ1v) is 10.9. The Morgan fingerprint density at radius 2 is 1.79 bits per heavy atom. The van der Waals surface area contributed by atoms with Crippen LogP contribution in [-0.2, 0) is 10.0 Å². The van der Waals surface area contributed by atoms with Crippen molar-refractivity contribution in [2.24, 2.45) is 0 Å². The van der Waals surface area contributed by atoms with Crippen LogP contribution in [0.2, 0.25) is 0 Å². The minimum Gasteiger partial charge on any atom is -0.493 e. The van der Waals surface area contributed by atoms with Crippen molar-refractivity contribution in [1.82, 2.24) is 9.78 Å². The van der Waals surface area contributed by atoms with E-state index in [4.69, 9.17) is 9.47 Å². The predicted molar refractivity (Wildman–Crippen MR) is 111 cm³/mol. The van der Waals surface area contributed by atoms with Gasteiger partial charge in [-0.2, -0.15) is 5.10 Å². The number of nitrogens with zero attached hydrogens (tertiary/aromatic N) is 3. The van der Waals surface area contributed by atoms with Crippen molar-refractivity contribution in [3.05, 3.63) is 52.0 Å². The maximum atomic E-state index is 13.3. The molecule has 0 aliphatic carbocycles. The van der Waals surface area contributed by atoms with Gasteiger partial charge in [0, 0.05) is 18.8 Å². The predicted octanol–water partition coefficient (Wildman–Crippen LogP) is 3.09. The second kappa shape index (κ2) is 7.88. The van der Waals surface area contributed by atoms with Crippen LogP contribution in [0.5, 0.6) is 11.5 Å². The number of aromatic nitrogens is 2. The molecule has 10 heteroatoms. The fourth-order valence-electron chi connectivity index (χ4n) is 2.89. The lowest BCUT2D eigenvalue weighted by Crippen LogP contribution is -2.28. The summed E-state index contributed by atoms with van der Waals surface area (Å²) in [6, 6.07) is 7.97. The van der Waals surface area contributed by atoms with Crippen LogP contribution < -0.4 is 13.8 Å². The molecule has 8 nitrogen and oxygen atoms in total. The number of rotatable bonds is 6. The number of methoxy groups -OCH3 is 2. The molecule has 0 bridgehead atoms. The largest absolute Gasteiger partial charge is 0.493 e. The lowest BCUT2D eigenvalue weighted by atomic mass is 10.3. The van der Waals surface area contributed by atoms with Gasteiger partial charge in [0.05, 0.1) is 25.6 Å². The Morgan fingerprint density at radius 3 is 2.38 bits per heavy atom. The summed E-state index contributed by atoms with van der Waals surface area (Å²) in [5.74, 6) is 0.402. The highest BCUT2D eigenvalue weighted by Crippen LogP contribution is 2.34. The molecule has 3 aromatic rings. The number of hydrogen-bond acceptors (Lipinski definition) is 7. The summed E-state index contributed by atoms with van der Waals surface area (Å²) in [6.07, 6.45) is 0. The Balaban J connectivity index is 2.02. The van der Waals surface area contributed by atoms with E-state index in [1.807, 2.05) is 0 Å². The van der Waals surface area contributed by atoms with Crippen LogP contribution in [0, 0.1) is 13.8 Å². The number of benzene rings is 1. The topological polar surface area (TPSA) is 90.7 Å². The number of thiophene rings is 1. The lowest BCUT2D eigenvalue weighted by molar-refractivity contribution is 0.0943. The zero-order chi connectivity index (χ0) is 21.3. The maximum absolute atomic E-state index is 13.3. The van der Waals surface area contributed by atoms with E-state index in [-0.39, 0.29) is 9.77 Å². The molecular weight excluding hydrogens is 414 g/mol. The number of anilines is 1. The van der Waals surface area contributed by atoms with Crippen molar-refractivity contribution < 1.29 is 22.7 Å². The molecule has 1 aromatic carbocycles. The number of ether oxygens (including phenoxy) is 2. The monoisotopic (exact) mass is 435 g/mol. The third-order valence-corrected chi connectivity index (χ3v) is 7.25. The molecular formula is C19H21N3O5S2. The maximum Gasteiger partial charge on any atom is 0.289 e. The smallest absolute Gasteiger partial charge is 0.289 e. The Kier molecular flexibility index (Phi) is 5.67. The second-order valence-corrected chi connectivity index (χ2v) is 9.12. The third kappa shape index (κ3) is 3.73. The second-order valence-electron chi connectivity index (χ2n) is 6.27. The Bertz CT molecular complexity index is 1160. The van der Waals surface area contributed by atoms with Gasteiger partial charge in [-0.25, -0.2) is 13.1 Å². The van der Waals surface area contributed by atoms with Crippen LogP contribution in [0.15, 0.2) is 40.6 Å². The van der Waals surface area contributed by atoms with E-state index in [9.17, 15) is 13.2 Å². The molecule has 0 saturated carbocycles. The summed E-state index contributed by atoms with van der Waals surface area (Å²) in [7, 11) is 0.398. The van der Waals surface area contributed by atoms with E-state index in [2.05, 4.69) is 5.10 Å². The van der Waals surface area contributed by atoms with Crippen LogP contribution in [-0.4, -0.2) is 45.4 Å². The summed E-state index contributed by atoms with van der Waals surface area (Å²) in [6.45, 7) is 3.52. The van der Waals surface area contributed by atoms with E-state index in [1.54, 1.807) is 43.5 Å². The standard InChI is InChI=1S/C19H21N3O5S2/c1-12-10-13(2)22(20-12)19(23)18-17(8-9-28-18)29(24,25)21(3)14-6-7-15(26-4)16(11-14)27-5/h6-11H,1-5H3. The lowest BCUT2D eigenvalue weighted by Gasteiger charge is -2.21. The van der Waals surface area contributed by atoms with E-state index in [0.29, 0.717) is 28.6 Å². The van der Waals surface area contributed by atoms with Gasteiger partial charge >= 0.3 is 0 Å². The van der Waals surface area contributed by atoms with Gasteiger partial charge in [-0.1, -0.05) is 0 Å². The van der Waals surface area contributed by atoms with Gasteiger partial charge < -0.3 is 9.47 Å². The van der Waals surface area contributed by atoms with Crippen molar-refractivity contribution in [2.75, 3.05) is 25.6 Å². The van der Waals surface area contributed by atoms with Gasteiger partial charge in [0.25, 0.3) is 15.9 Å². The number of aryl methyl sites for hydroxylation is 2. The molecule has 0 atom stereocenters. The molecule has 0 aliphatic rings. The quantitative estimate of drug-likeness (QED) is 0.591. The van der Waals surface area contributed by atoms with Gasteiger partial charge in [0.1, 0.15) is 9.77 Å². The van der Waals surface area contributed by atoms with Gasteiger partial charge in [0.2, 0.25) is 0 Å². The molecule has 29 heavy (non-hydrogen) atoms. The normalized spacial score (nSPS) is 11.3. The van der Waals surface area contributed by atoms with Gasteiger partial charge in [-0.05, 0) is 43.5 Å². The SMILES string of the molecule is COc1ccc(N(C)S(=O)(=O)c2ccsc2C(=O)n2nc(C)cc2C)cc1OC. The number of sulfonamides is 1. The summed E-state index contributed by atoms with van der Waals surface area (Å²) >= 11 is 1.06. The molecule has 0 radical (unpaired) electrons. The molecule has 0 saturated heterocycles. The number of hydrogen-bond donors (Lipinski definition) is 0. The van der Waals surface area contributed by atoms with Crippen molar-refractivity contribution in [1.29, 1.82) is 0 Å². The van der Waals surface area contributed by atoms with E-state index in [0.717, 1.165) is 15.6 Å². The Labute approximate surface area is 173 Å². The van der Waals surface area contributed by atoms with Gasteiger partial charge in [-0.15, -0.1) is 11.3 Å². The molecule has 154 valence electrons. The third-order valence-electron chi connectivity index (χ3n) is 4.39. The Hall–Kier alpha value is -2.85. The zero-order valence-electron chi connectivity index (χ0n) is 16.7. The number of carbonyl (C=O) groups is 1. The molecule has 3 rings (SSSR count). The molecule has 0 unspecified atom stereocenters. The van der Waals surface area contributed by atoms with Crippen LogP contribution in [0.3, 0.4) is 0 Å². The molecule has 0 N–H and O–H groups in total. The minimum absolute atomic E-state index is 0.0719. The first-order valence-electron chi connectivity index (χ1n) is 8.57. The first kappa shape index (κ1) is 20.9. The van der Waals surface area contributed by atoms with E-state index < -0.39 is 15.9 Å². The summed E-state index contributed by atoms with van der Waals surface area (Å²) in [4.78, 5) is 13.0. The highest BCUT2D eigenvalue weighted by molar-refractivity contribution is 7.93. The zero-order valence-corrected chi connectivity index (χ0v) is 18.3. The average molecular weight is 436 g/mol. The van der Waals surface area contributed by atoms with Crippen molar-refractivity contribution in [3.63, 3.8) is 0 Å². The minimum atomic E-state index is -4.00. The van der Waals surface area contributed by atoms with Crippen LogP contribution in [0.4, 0.5) is 5.69 Å². The summed E-state index contributed by atoms with van der Waals surface area (Å²) in [5.41, 5.74) is 1.69. The fraction of sp³-hybridized carbons (Fsp3) is 0.263. The molecule has 0 amide bonds. The summed E-state index contributed by atoms with van der Waals surface area (Å²) in [5, 5.41) is 5.75. The molecule has 2 aromatic heterocycles. The Morgan fingerprint density at radius 1 is 1.10 bits per heavy atom. The van der Waals surface area contributed by atoms with Gasteiger partial charge in [-0.3, -0.25) is 9.10 Å². The highest BCUT2D eigenvalue weighted by Gasteiger charge is 2.30. The van der Waals surface area contributed by atoms with Crippen LogP contribution in [0.25, 0.3) is 0 Å². The van der Waals surface area contributed by atoms with E-state index in [1.165, 1.54) is 32.0 Å². The molecule has 2 heterocycles. The fourth-order valence-corrected chi connectivity index (χ4v) is 5.40. The molecule has 0 aliphatic heterocycles. The van der Waals surface area contributed by atoms with E-state index >= 15 is 0 Å². The summed E-state index contributed by atoms with van der Waals surface area (Å²) < 4.78 is 39.3. The average Bonchev–Trinajstić information content (AvgIpc) is 3.33.